The number of rotatable bonds is 8. The van der Waals surface area contributed by atoms with Gasteiger partial charge in [-0.15, -0.1) is 0 Å². The zero-order valence-corrected chi connectivity index (χ0v) is 21.9. The lowest BCUT2D eigenvalue weighted by atomic mass is 10.1. The van der Waals surface area contributed by atoms with Gasteiger partial charge >= 0.3 is 6.18 Å². The van der Waals surface area contributed by atoms with E-state index in [0.717, 1.165) is 5.56 Å². The Hall–Kier alpha value is -4.28. The van der Waals surface area contributed by atoms with Crippen LogP contribution in [0, 0.1) is 11.3 Å². The zero-order chi connectivity index (χ0) is 28.2. The van der Waals surface area contributed by atoms with E-state index in [9.17, 15) is 22.8 Å². The fourth-order valence-corrected chi connectivity index (χ4v) is 4.07. The maximum Gasteiger partial charge on any atom is 0.433 e. The van der Waals surface area contributed by atoms with Crippen molar-refractivity contribution in [2.45, 2.75) is 12.7 Å². The molecule has 0 atom stereocenters. The highest BCUT2D eigenvalue weighted by molar-refractivity contribution is 9.10. The Morgan fingerprint density at radius 1 is 1.13 bits per heavy atom. The van der Waals surface area contributed by atoms with Crippen LogP contribution in [0.4, 0.5) is 18.9 Å². The molecule has 4 rings (SSSR count). The topological polar surface area (TPSA) is 122 Å². The first kappa shape index (κ1) is 27.7. The Labute approximate surface area is 228 Å². The normalized spacial score (nSPS) is 11.3. The minimum Gasteiger partial charge on any atom is -0.383 e. The van der Waals surface area contributed by atoms with E-state index in [1.54, 1.807) is 24.3 Å². The van der Waals surface area contributed by atoms with Gasteiger partial charge in [-0.3, -0.25) is 14.3 Å². The fourth-order valence-electron chi connectivity index (χ4n) is 3.70. The van der Waals surface area contributed by atoms with Crippen LogP contribution in [0.5, 0.6) is 0 Å². The molecule has 200 valence electrons. The molecular weight excluding hydrogens is 581 g/mol. The number of ether oxygens (including phenoxy) is 1. The van der Waals surface area contributed by atoms with E-state index in [4.69, 9.17) is 10.00 Å². The molecule has 0 saturated carbocycles. The third kappa shape index (κ3) is 6.60. The standard InChI is InChI=1S/C26H20BrF3N6O3/c1-39-9-8-32-25(38)23-21(14-36(35-23)13-16-4-2-15(12-31)3-5-16)34-24(37)19-11-22(26(28,29)30)33-20-7-6-17(27)10-18(19)20/h2-7,10-11,14H,8-9,13H2,1H3,(H,32,38)(H,34,37). The van der Waals surface area contributed by atoms with Crippen molar-refractivity contribution in [2.75, 3.05) is 25.6 Å². The molecule has 2 aromatic carbocycles. The number of anilines is 1. The molecule has 9 nitrogen and oxygen atoms in total. The van der Waals surface area contributed by atoms with Crippen molar-refractivity contribution in [1.82, 2.24) is 20.1 Å². The molecule has 13 heteroatoms. The number of carbonyl (C=O) groups excluding carboxylic acids is 2. The molecule has 39 heavy (non-hydrogen) atoms. The second-order valence-corrected chi connectivity index (χ2v) is 9.23. The van der Waals surface area contributed by atoms with Crippen molar-refractivity contribution in [3.8, 4) is 6.07 Å². The highest BCUT2D eigenvalue weighted by Gasteiger charge is 2.34. The minimum atomic E-state index is -4.78. The van der Waals surface area contributed by atoms with Gasteiger partial charge < -0.3 is 15.4 Å². The molecule has 0 saturated heterocycles. The Balaban J connectivity index is 1.71. The van der Waals surface area contributed by atoms with E-state index in [1.165, 1.54) is 36.2 Å². The molecule has 0 bridgehead atoms. The lowest BCUT2D eigenvalue weighted by Crippen LogP contribution is -2.28. The highest BCUT2D eigenvalue weighted by atomic mass is 79.9. The Kier molecular flexibility index (Phi) is 8.27. The third-order valence-electron chi connectivity index (χ3n) is 5.55. The number of methoxy groups -OCH3 is 1. The number of hydrogen-bond donors (Lipinski definition) is 2. The predicted octanol–water partition coefficient (Wildman–Crippen LogP) is 4.76. The summed E-state index contributed by atoms with van der Waals surface area (Å²) in [5.74, 6) is -1.49. The van der Waals surface area contributed by atoms with Crippen molar-refractivity contribution >= 4 is 44.3 Å². The van der Waals surface area contributed by atoms with Crippen LogP contribution in [0.25, 0.3) is 10.9 Å². The number of alkyl halides is 3. The van der Waals surface area contributed by atoms with E-state index in [0.29, 0.717) is 16.1 Å². The largest absolute Gasteiger partial charge is 0.433 e. The van der Waals surface area contributed by atoms with E-state index in [1.807, 2.05) is 6.07 Å². The number of nitrogens with one attached hydrogen (secondary N) is 2. The molecule has 0 radical (unpaired) electrons. The van der Waals surface area contributed by atoms with Crippen LogP contribution in [0.15, 0.2) is 59.2 Å². The fraction of sp³-hybridized carbons (Fsp3) is 0.192. The van der Waals surface area contributed by atoms with E-state index in [2.05, 4.69) is 36.6 Å². The van der Waals surface area contributed by atoms with Gasteiger partial charge in [0.2, 0.25) is 0 Å². The second kappa shape index (κ2) is 11.6. The number of fused-ring (bicyclic) bond motifs is 1. The summed E-state index contributed by atoms with van der Waals surface area (Å²) in [6.45, 7) is 0.601. The molecule has 2 amide bonds. The lowest BCUT2D eigenvalue weighted by Gasteiger charge is -2.12. The summed E-state index contributed by atoms with van der Waals surface area (Å²) in [6.07, 6.45) is -3.38. The molecule has 0 fully saturated rings. The zero-order valence-electron chi connectivity index (χ0n) is 20.3. The Bertz CT molecular complexity index is 1580. The maximum atomic E-state index is 13.5. The Morgan fingerprint density at radius 3 is 2.54 bits per heavy atom. The minimum absolute atomic E-state index is 0.00270. The van der Waals surface area contributed by atoms with Crippen molar-refractivity contribution in [1.29, 1.82) is 5.26 Å². The summed E-state index contributed by atoms with van der Waals surface area (Å²) < 4.78 is 47.5. The van der Waals surface area contributed by atoms with Crippen molar-refractivity contribution in [2.24, 2.45) is 0 Å². The van der Waals surface area contributed by atoms with E-state index >= 15 is 0 Å². The molecule has 0 spiro atoms. The van der Waals surface area contributed by atoms with Crippen LogP contribution in [0.2, 0.25) is 0 Å². The van der Waals surface area contributed by atoms with Crippen LogP contribution in [0.3, 0.4) is 0 Å². The van der Waals surface area contributed by atoms with Crippen LogP contribution in [-0.2, 0) is 17.5 Å². The van der Waals surface area contributed by atoms with Crippen molar-refractivity contribution in [3.63, 3.8) is 0 Å². The van der Waals surface area contributed by atoms with Gasteiger partial charge in [-0.1, -0.05) is 28.1 Å². The predicted molar refractivity (Wildman–Crippen MR) is 139 cm³/mol. The number of amides is 2. The first-order valence-corrected chi connectivity index (χ1v) is 12.2. The molecule has 0 aliphatic heterocycles. The number of aromatic nitrogens is 3. The molecule has 2 heterocycles. The molecule has 4 aromatic rings. The Morgan fingerprint density at radius 2 is 1.87 bits per heavy atom. The van der Waals surface area contributed by atoms with Gasteiger partial charge in [0.25, 0.3) is 11.8 Å². The molecule has 0 unspecified atom stereocenters. The highest BCUT2D eigenvalue weighted by Crippen LogP contribution is 2.32. The quantitative estimate of drug-likeness (QED) is 0.281. The number of halogens is 4. The second-order valence-electron chi connectivity index (χ2n) is 8.31. The first-order chi connectivity index (χ1) is 18.6. The van der Waals surface area contributed by atoms with Gasteiger partial charge in [0, 0.05) is 29.7 Å². The lowest BCUT2D eigenvalue weighted by molar-refractivity contribution is -0.141. The molecule has 2 N–H and O–H groups in total. The van der Waals surface area contributed by atoms with Crippen LogP contribution < -0.4 is 10.6 Å². The third-order valence-corrected chi connectivity index (χ3v) is 6.04. The number of pyridine rings is 1. The average Bonchev–Trinajstić information content (AvgIpc) is 3.29. The summed E-state index contributed by atoms with van der Waals surface area (Å²) in [4.78, 5) is 29.9. The number of nitriles is 1. The average molecular weight is 601 g/mol. The van der Waals surface area contributed by atoms with E-state index < -0.39 is 23.7 Å². The van der Waals surface area contributed by atoms with Crippen LogP contribution in [0.1, 0.15) is 37.7 Å². The van der Waals surface area contributed by atoms with Gasteiger partial charge in [0.15, 0.2) is 5.69 Å². The van der Waals surface area contributed by atoms with Gasteiger partial charge in [0.05, 0.1) is 41.6 Å². The summed E-state index contributed by atoms with van der Waals surface area (Å²) in [7, 11) is 1.47. The van der Waals surface area contributed by atoms with Gasteiger partial charge in [-0.2, -0.15) is 23.5 Å². The number of carbonyl (C=O) groups is 2. The van der Waals surface area contributed by atoms with Gasteiger partial charge in [-0.25, -0.2) is 4.98 Å². The summed E-state index contributed by atoms with van der Waals surface area (Å²) in [5, 5.41) is 18.6. The molecule has 0 aliphatic rings. The smallest absolute Gasteiger partial charge is 0.383 e. The van der Waals surface area contributed by atoms with Crippen molar-refractivity contribution in [3.05, 3.63) is 87.3 Å². The first-order valence-electron chi connectivity index (χ1n) is 11.4. The maximum absolute atomic E-state index is 13.5. The number of benzene rings is 2. The van der Waals surface area contributed by atoms with Crippen molar-refractivity contribution < 1.29 is 27.5 Å². The van der Waals surface area contributed by atoms with Gasteiger partial charge in [0.1, 0.15) is 5.69 Å². The summed E-state index contributed by atoms with van der Waals surface area (Å²) in [5.41, 5.74) is -0.427. The monoisotopic (exact) mass is 600 g/mol. The van der Waals surface area contributed by atoms with Crippen LogP contribution in [-0.4, -0.2) is 46.8 Å². The van der Waals surface area contributed by atoms with E-state index in [-0.39, 0.29) is 47.5 Å². The number of hydrogen-bond acceptors (Lipinski definition) is 6. The molecule has 0 aliphatic carbocycles. The summed E-state index contributed by atoms with van der Waals surface area (Å²) in [6, 6.07) is 13.8. The van der Waals surface area contributed by atoms with Gasteiger partial charge in [-0.05, 0) is 42.0 Å². The number of nitrogens with zero attached hydrogens (tertiary/aromatic N) is 4. The molecule has 2 aromatic heterocycles. The summed E-state index contributed by atoms with van der Waals surface area (Å²) >= 11 is 3.27. The SMILES string of the molecule is COCCNC(=O)c1nn(Cc2ccc(C#N)cc2)cc1NC(=O)c1cc(C(F)(F)F)nc2ccc(Br)cc12. The molecular formula is C26H20BrF3N6O3. The van der Waals surface area contributed by atoms with Crippen LogP contribution >= 0.6 is 15.9 Å².